The third-order valence-electron chi connectivity index (χ3n) is 8.26. The SMILES string of the molecule is CC(=O)/C=C(/C)O.CC(=O)/C=C(/C)O.[Pt].[Pt].[c-]1ccc2c(oc3c(-c4cc5oc6ccccc6c5cn4)[c-]ccc32)c1-c1cc2oc3ccccc3c2cn1. The Kier molecular flexibility index (Phi) is 12.7. The first-order chi connectivity index (χ1) is 25.6. The first-order valence-electron chi connectivity index (χ1n) is 16.7. The smallest absolute Gasteiger partial charge is 0.155 e. The maximum Gasteiger partial charge on any atom is 0.155 e. The summed E-state index contributed by atoms with van der Waals surface area (Å²) in [5.41, 5.74) is 7.67. The van der Waals surface area contributed by atoms with Crippen molar-refractivity contribution in [2.24, 2.45) is 0 Å². The Bertz CT molecular complexity index is 2710. The van der Waals surface area contributed by atoms with Gasteiger partial charge in [-0.15, -0.1) is 36.4 Å². The van der Waals surface area contributed by atoms with Gasteiger partial charge in [0.25, 0.3) is 0 Å². The van der Waals surface area contributed by atoms with Crippen LogP contribution in [0.25, 0.3) is 88.3 Å². The minimum absolute atomic E-state index is 0. The summed E-state index contributed by atoms with van der Waals surface area (Å²) in [6, 6.07) is 34.4. The van der Waals surface area contributed by atoms with Gasteiger partial charge in [0.05, 0.1) is 11.5 Å². The van der Waals surface area contributed by atoms with E-state index < -0.39 is 0 Å². The Morgan fingerprint density at radius 1 is 0.545 bits per heavy atom. The zero-order valence-corrected chi connectivity index (χ0v) is 34.4. The van der Waals surface area contributed by atoms with Crippen molar-refractivity contribution in [2.45, 2.75) is 27.7 Å². The molecule has 0 saturated carbocycles. The Labute approximate surface area is 343 Å². The number of hydrogen-bond donors (Lipinski definition) is 2. The molecule has 55 heavy (non-hydrogen) atoms. The summed E-state index contributed by atoms with van der Waals surface area (Å²) in [5.74, 6) is -0.125. The molecule has 0 bridgehead atoms. The van der Waals surface area contributed by atoms with E-state index in [2.05, 4.69) is 12.1 Å². The molecule has 282 valence electrons. The third-order valence-corrected chi connectivity index (χ3v) is 8.26. The number of aliphatic hydroxyl groups excluding tert-OH is 2. The Balaban J connectivity index is 0.000000313. The van der Waals surface area contributed by atoms with Crippen molar-refractivity contribution in [3.63, 3.8) is 0 Å². The molecule has 0 saturated heterocycles. The van der Waals surface area contributed by atoms with Crippen LogP contribution < -0.4 is 0 Å². The number of furan rings is 3. The molecule has 0 spiro atoms. The number of para-hydroxylation sites is 2. The normalized spacial score (nSPS) is 11.5. The largest absolute Gasteiger partial charge is 0.545 e. The van der Waals surface area contributed by atoms with E-state index in [1.807, 2.05) is 97.3 Å². The molecule has 11 heteroatoms. The van der Waals surface area contributed by atoms with Crippen molar-refractivity contribution in [2.75, 3.05) is 0 Å². The molecule has 0 radical (unpaired) electrons. The summed E-state index contributed by atoms with van der Waals surface area (Å²) < 4.78 is 18.8. The van der Waals surface area contributed by atoms with Crippen LogP contribution >= 0.6 is 0 Å². The summed E-state index contributed by atoms with van der Waals surface area (Å²) in [4.78, 5) is 29.6. The van der Waals surface area contributed by atoms with Gasteiger partial charge in [-0.1, -0.05) is 58.3 Å². The van der Waals surface area contributed by atoms with Crippen LogP contribution in [0.15, 0.2) is 134 Å². The maximum atomic E-state index is 10.0. The molecule has 5 heterocycles. The molecular formula is C44H32N2O7Pt2-2. The molecule has 0 fully saturated rings. The average Bonchev–Trinajstić information content (AvgIpc) is 3.81. The first-order valence-corrected chi connectivity index (χ1v) is 16.7. The maximum absolute atomic E-state index is 10.0. The third kappa shape index (κ3) is 8.54. The molecule has 4 aromatic carbocycles. The van der Waals surface area contributed by atoms with E-state index >= 15 is 0 Å². The summed E-state index contributed by atoms with van der Waals surface area (Å²) in [6.45, 7) is 5.70. The van der Waals surface area contributed by atoms with Crippen LogP contribution in [-0.4, -0.2) is 31.7 Å². The van der Waals surface area contributed by atoms with E-state index in [4.69, 9.17) is 33.4 Å². The van der Waals surface area contributed by atoms with E-state index in [0.717, 1.165) is 77.2 Å². The summed E-state index contributed by atoms with van der Waals surface area (Å²) in [6.07, 6.45) is 6.05. The van der Waals surface area contributed by atoms with E-state index in [0.29, 0.717) is 11.2 Å². The fraction of sp³-hybridized carbons (Fsp3) is 0.0909. The van der Waals surface area contributed by atoms with Crippen molar-refractivity contribution in [3.8, 4) is 22.5 Å². The number of hydrogen-bond acceptors (Lipinski definition) is 9. The molecule has 0 unspecified atom stereocenters. The number of nitrogens with zero attached hydrogens (tertiary/aromatic N) is 2. The Morgan fingerprint density at radius 2 is 0.945 bits per heavy atom. The van der Waals surface area contributed by atoms with Gasteiger partial charge in [-0.2, -0.15) is 0 Å². The number of benzene rings is 4. The minimum atomic E-state index is -0.125. The van der Waals surface area contributed by atoms with Gasteiger partial charge in [0.15, 0.2) is 11.6 Å². The van der Waals surface area contributed by atoms with Crippen LogP contribution in [0, 0.1) is 12.1 Å². The molecule has 9 aromatic rings. The molecule has 0 aliphatic heterocycles. The van der Waals surface area contributed by atoms with Gasteiger partial charge < -0.3 is 33.4 Å². The van der Waals surface area contributed by atoms with E-state index in [9.17, 15) is 9.59 Å². The van der Waals surface area contributed by atoms with E-state index in [-0.39, 0.29) is 65.2 Å². The fourth-order valence-corrected chi connectivity index (χ4v) is 6.19. The number of aliphatic hydroxyl groups is 2. The van der Waals surface area contributed by atoms with Gasteiger partial charge in [-0.05, 0) is 63.3 Å². The number of pyridine rings is 2. The van der Waals surface area contributed by atoms with Crippen LogP contribution in [0.4, 0.5) is 0 Å². The number of carbonyl (C=O) groups is 2. The van der Waals surface area contributed by atoms with Crippen molar-refractivity contribution >= 4 is 77.4 Å². The quantitative estimate of drug-likeness (QED) is 0.100. The van der Waals surface area contributed by atoms with Gasteiger partial charge in [-0.25, -0.2) is 0 Å². The molecular weight excluding hydrogens is 1060 g/mol. The predicted octanol–water partition coefficient (Wildman–Crippen LogP) is 11.2. The number of aromatic nitrogens is 2. The van der Waals surface area contributed by atoms with Crippen LogP contribution in [0.3, 0.4) is 0 Å². The van der Waals surface area contributed by atoms with Gasteiger partial charge in [0.1, 0.15) is 22.3 Å². The zero-order chi connectivity index (χ0) is 37.2. The van der Waals surface area contributed by atoms with Crippen LogP contribution in [-0.2, 0) is 51.7 Å². The summed E-state index contributed by atoms with van der Waals surface area (Å²) in [7, 11) is 0. The number of allylic oxidation sites excluding steroid dienone is 4. The minimum Gasteiger partial charge on any atom is -0.545 e. The summed E-state index contributed by atoms with van der Waals surface area (Å²) in [5, 5.41) is 22.7. The van der Waals surface area contributed by atoms with Crippen LogP contribution in [0.2, 0.25) is 0 Å². The first kappa shape index (κ1) is 40.6. The van der Waals surface area contributed by atoms with Crippen LogP contribution in [0.1, 0.15) is 27.7 Å². The molecule has 2 N–H and O–H groups in total. The van der Waals surface area contributed by atoms with E-state index in [1.165, 1.54) is 39.8 Å². The molecule has 0 aliphatic carbocycles. The standard InChI is InChI=1S/C34H16N2O3.2C5H8O2.2Pt/c1-3-13-29-19(7-1)25-17-35-27(15-31(25)37-29)23-11-5-9-21-22-10-6-12-24(34(22)39-33(21)23)28-16-32-26(18-36-28)20-8-2-4-14-30(20)38-32;2*1-4(6)3-5(2)7;;/h1-10,13-18H;2*3,6H,1-2H3;;/q-2;;;;/b;2*4-3-;;. The summed E-state index contributed by atoms with van der Waals surface area (Å²) >= 11 is 0. The van der Waals surface area contributed by atoms with Crippen molar-refractivity contribution in [3.05, 3.63) is 133 Å². The molecule has 0 atom stereocenters. The van der Waals surface area contributed by atoms with Crippen molar-refractivity contribution in [1.82, 2.24) is 9.97 Å². The molecule has 9 rings (SSSR count). The fourth-order valence-electron chi connectivity index (χ4n) is 6.19. The number of carbonyl (C=O) groups excluding carboxylic acids is 2. The number of rotatable bonds is 4. The molecule has 0 aliphatic rings. The Hall–Kier alpha value is -5.62. The molecule has 9 nitrogen and oxygen atoms in total. The molecule has 0 amide bonds. The topological polar surface area (TPSA) is 140 Å². The second-order valence-electron chi connectivity index (χ2n) is 12.4. The van der Waals surface area contributed by atoms with Crippen molar-refractivity contribution < 1.29 is 75.2 Å². The second kappa shape index (κ2) is 17.2. The van der Waals surface area contributed by atoms with Gasteiger partial charge in [0.2, 0.25) is 0 Å². The molecule has 5 aromatic heterocycles. The second-order valence-corrected chi connectivity index (χ2v) is 12.4. The predicted molar refractivity (Wildman–Crippen MR) is 207 cm³/mol. The monoisotopic (exact) mass is 1090 g/mol. The van der Waals surface area contributed by atoms with Crippen LogP contribution in [0.5, 0.6) is 0 Å². The Morgan fingerprint density at radius 3 is 1.31 bits per heavy atom. The number of fused-ring (bicyclic) bond motifs is 9. The average molecular weight is 1090 g/mol. The van der Waals surface area contributed by atoms with Gasteiger partial charge >= 0.3 is 0 Å². The van der Waals surface area contributed by atoms with Gasteiger partial charge in [0, 0.05) is 99.4 Å². The van der Waals surface area contributed by atoms with Crippen molar-refractivity contribution in [1.29, 1.82) is 0 Å². The number of ketones is 2. The van der Waals surface area contributed by atoms with Gasteiger partial charge in [-0.3, -0.25) is 9.59 Å². The zero-order valence-electron chi connectivity index (χ0n) is 29.9. The van der Waals surface area contributed by atoms with E-state index in [1.54, 1.807) is 0 Å².